The van der Waals surface area contributed by atoms with Gasteiger partial charge in [-0.15, -0.1) is 0 Å². The first-order valence-corrected chi connectivity index (χ1v) is 5.38. The van der Waals surface area contributed by atoms with E-state index in [-0.39, 0.29) is 21.8 Å². The Hall–Kier alpha value is -1.08. The molecule has 0 saturated carbocycles. The zero-order chi connectivity index (χ0) is 10.2. The van der Waals surface area contributed by atoms with Crippen molar-refractivity contribution in [2.45, 2.75) is 4.90 Å². The molecule has 1 heterocycles. The minimum Gasteiger partial charge on any atom is -0.382 e. The van der Waals surface area contributed by atoms with Crippen molar-refractivity contribution >= 4 is 33.1 Å². The van der Waals surface area contributed by atoms with Gasteiger partial charge in [-0.1, -0.05) is 0 Å². The normalized spacial score (nSPS) is 11.5. The van der Waals surface area contributed by atoms with Crippen LogP contribution in [-0.2, 0) is 9.84 Å². The molecule has 72 valence electrons. The molecule has 0 radical (unpaired) electrons. The highest BCUT2D eigenvalue weighted by Crippen LogP contribution is 2.22. The summed E-state index contributed by atoms with van der Waals surface area (Å²) in [6.45, 7) is 0. The van der Waals surface area contributed by atoms with Crippen LogP contribution in [0.3, 0.4) is 0 Å². The lowest BCUT2D eigenvalue weighted by Crippen LogP contribution is -2.10. The summed E-state index contributed by atoms with van der Waals surface area (Å²) >= 11 is 5.40. The molecular formula is C5H7ClN4O2S. The number of sulfone groups is 1. The van der Waals surface area contributed by atoms with Gasteiger partial charge in [0, 0.05) is 6.26 Å². The van der Waals surface area contributed by atoms with Gasteiger partial charge in [0.05, 0.1) is 0 Å². The molecule has 6 nitrogen and oxygen atoms in total. The van der Waals surface area contributed by atoms with Crippen molar-refractivity contribution in [2.24, 2.45) is 0 Å². The number of hydrogen-bond donors (Lipinski definition) is 2. The van der Waals surface area contributed by atoms with E-state index in [1.807, 2.05) is 0 Å². The lowest BCUT2D eigenvalue weighted by Gasteiger charge is -2.04. The quantitative estimate of drug-likeness (QED) is 0.631. The molecule has 8 heteroatoms. The van der Waals surface area contributed by atoms with Crippen molar-refractivity contribution < 1.29 is 8.42 Å². The summed E-state index contributed by atoms with van der Waals surface area (Å²) in [5, 5.41) is -0.178. The summed E-state index contributed by atoms with van der Waals surface area (Å²) in [5.41, 5.74) is 10.6. The van der Waals surface area contributed by atoms with Gasteiger partial charge in [0.1, 0.15) is 11.6 Å². The van der Waals surface area contributed by atoms with Crippen LogP contribution in [0.15, 0.2) is 4.90 Å². The van der Waals surface area contributed by atoms with Gasteiger partial charge in [0.2, 0.25) is 5.28 Å². The zero-order valence-corrected chi connectivity index (χ0v) is 8.22. The molecule has 0 aromatic carbocycles. The zero-order valence-electron chi connectivity index (χ0n) is 6.65. The number of halogens is 1. The summed E-state index contributed by atoms with van der Waals surface area (Å²) in [5.74, 6) is -0.472. The van der Waals surface area contributed by atoms with Crippen molar-refractivity contribution in [1.82, 2.24) is 9.97 Å². The van der Waals surface area contributed by atoms with Crippen molar-refractivity contribution in [2.75, 3.05) is 17.7 Å². The average molecular weight is 223 g/mol. The summed E-state index contributed by atoms with van der Waals surface area (Å²) < 4.78 is 22.2. The topological polar surface area (TPSA) is 112 Å². The van der Waals surface area contributed by atoms with E-state index in [1.54, 1.807) is 0 Å². The maximum absolute atomic E-state index is 11.1. The molecule has 0 aliphatic heterocycles. The summed E-state index contributed by atoms with van der Waals surface area (Å²) in [7, 11) is -3.51. The second-order valence-corrected chi connectivity index (χ2v) is 4.66. The van der Waals surface area contributed by atoms with E-state index in [4.69, 9.17) is 23.1 Å². The van der Waals surface area contributed by atoms with Crippen LogP contribution in [0.25, 0.3) is 0 Å². The van der Waals surface area contributed by atoms with Gasteiger partial charge < -0.3 is 11.5 Å². The number of hydrogen-bond acceptors (Lipinski definition) is 6. The molecule has 13 heavy (non-hydrogen) atoms. The van der Waals surface area contributed by atoms with E-state index < -0.39 is 9.84 Å². The number of rotatable bonds is 1. The van der Waals surface area contributed by atoms with Crippen LogP contribution < -0.4 is 11.5 Å². The lowest BCUT2D eigenvalue weighted by molar-refractivity contribution is 0.602. The number of anilines is 2. The third-order valence-electron chi connectivity index (χ3n) is 1.26. The highest BCUT2D eigenvalue weighted by atomic mass is 35.5. The van der Waals surface area contributed by atoms with Crippen LogP contribution >= 0.6 is 11.6 Å². The molecule has 0 aliphatic carbocycles. The molecule has 1 aromatic rings. The van der Waals surface area contributed by atoms with Crippen LogP contribution in [0.1, 0.15) is 0 Å². The fourth-order valence-corrected chi connectivity index (χ4v) is 1.87. The third-order valence-corrected chi connectivity index (χ3v) is 2.59. The second-order valence-electron chi connectivity index (χ2n) is 2.36. The van der Waals surface area contributed by atoms with Crippen LogP contribution in [0.2, 0.25) is 5.28 Å². The van der Waals surface area contributed by atoms with Crippen molar-refractivity contribution in [3.05, 3.63) is 5.28 Å². The van der Waals surface area contributed by atoms with Crippen molar-refractivity contribution in [3.63, 3.8) is 0 Å². The number of nitrogens with two attached hydrogens (primary N) is 2. The van der Waals surface area contributed by atoms with E-state index in [9.17, 15) is 8.42 Å². The second kappa shape index (κ2) is 3.00. The largest absolute Gasteiger partial charge is 0.382 e. The molecule has 0 atom stereocenters. The van der Waals surface area contributed by atoms with Crippen molar-refractivity contribution in [1.29, 1.82) is 0 Å². The van der Waals surface area contributed by atoms with Gasteiger partial charge in [-0.2, -0.15) is 9.97 Å². The first-order valence-electron chi connectivity index (χ1n) is 3.11. The maximum atomic E-state index is 11.1. The van der Waals surface area contributed by atoms with Crippen LogP contribution in [0, 0.1) is 0 Å². The Morgan fingerprint density at radius 2 is 1.62 bits per heavy atom. The number of aromatic nitrogens is 2. The lowest BCUT2D eigenvalue weighted by atomic mass is 10.5. The summed E-state index contributed by atoms with van der Waals surface area (Å²) in [4.78, 5) is 6.67. The predicted molar refractivity (Wildman–Crippen MR) is 49.0 cm³/mol. The molecule has 0 unspecified atom stereocenters. The molecule has 1 rings (SSSR count). The van der Waals surface area contributed by atoms with E-state index in [0.717, 1.165) is 6.26 Å². The summed E-state index contributed by atoms with van der Waals surface area (Å²) in [6.07, 6.45) is 0.965. The first-order chi connectivity index (χ1) is 5.82. The molecule has 1 aromatic heterocycles. The highest BCUT2D eigenvalue weighted by molar-refractivity contribution is 7.91. The van der Waals surface area contributed by atoms with Crippen LogP contribution in [0.5, 0.6) is 0 Å². The van der Waals surface area contributed by atoms with Crippen LogP contribution in [-0.4, -0.2) is 24.6 Å². The molecule has 0 bridgehead atoms. The summed E-state index contributed by atoms with van der Waals surface area (Å²) in [6, 6.07) is 0. The Balaban J connectivity index is 3.57. The van der Waals surface area contributed by atoms with Gasteiger partial charge in [0.25, 0.3) is 0 Å². The van der Waals surface area contributed by atoms with Gasteiger partial charge in [-0.3, -0.25) is 0 Å². The average Bonchev–Trinajstić information content (AvgIpc) is 1.78. The fourth-order valence-electron chi connectivity index (χ4n) is 0.836. The van der Waals surface area contributed by atoms with E-state index in [0.29, 0.717) is 0 Å². The number of nitrogen functional groups attached to an aromatic ring is 2. The van der Waals surface area contributed by atoms with Gasteiger partial charge >= 0.3 is 0 Å². The van der Waals surface area contributed by atoms with Crippen LogP contribution in [0.4, 0.5) is 11.6 Å². The molecule has 0 amide bonds. The molecule has 0 aliphatic rings. The Labute approximate surface area is 79.8 Å². The monoisotopic (exact) mass is 222 g/mol. The van der Waals surface area contributed by atoms with Crippen molar-refractivity contribution in [3.8, 4) is 0 Å². The number of nitrogens with zero attached hydrogens (tertiary/aromatic N) is 2. The van der Waals surface area contributed by atoms with Gasteiger partial charge in [-0.25, -0.2) is 8.42 Å². The maximum Gasteiger partial charge on any atom is 0.226 e. The fraction of sp³-hybridized carbons (Fsp3) is 0.200. The molecule has 0 saturated heterocycles. The third kappa shape index (κ3) is 1.99. The smallest absolute Gasteiger partial charge is 0.226 e. The molecular weight excluding hydrogens is 216 g/mol. The Kier molecular flexibility index (Phi) is 2.31. The Morgan fingerprint density at radius 1 is 1.23 bits per heavy atom. The Bertz CT molecular complexity index is 421. The predicted octanol–water partition coefficient (Wildman–Crippen LogP) is -0.302. The van der Waals surface area contributed by atoms with E-state index in [1.165, 1.54) is 0 Å². The van der Waals surface area contributed by atoms with Gasteiger partial charge in [0.15, 0.2) is 14.7 Å². The molecule has 0 fully saturated rings. The minimum atomic E-state index is -3.51. The highest BCUT2D eigenvalue weighted by Gasteiger charge is 2.18. The SMILES string of the molecule is CS(=O)(=O)c1c(N)nc(Cl)nc1N. The first kappa shape index (κ1) is 10.0. The minimum absolute atomic E-state index is 0.178. The Morgan fingerprint density at radius 3 is 1.92 bits per heavy atom. The molecule has 0 spiro atoms. The standard InChI is InChI=1S/C5H7ClN4O2S/c1-13(11,12)2-3(7)9-5(6)10-4(2)8/h1H3,(H4,7,8,9,10). The van der Waals surface area contributed by atoms with E-state index >= 15 is 0 Å². The van der Waals surface area contributed by atoms with E-state index in [2.05, 4.69) is 9.97 Å². The molecule has 4 N–H and O–H groups in total. The van der Waals surface area contributed by atoms with Gasteiger partial charge in [-0.05, 0) is 11.6 Å².